The van der Waals surface area contributed by atoms with Crippen LogP contribution >= 0.6 is 0 Å². The second-order valence-corrected chi connectivity index (χ2v) is 3.10. The Labute approximate surface area is 70.5 Å². The summed E-state index contributed by atoms with van der Waals surface area (Å²) >= 11 is 0. The van der Waals surface area contributed by atoms with Gasteiger partial charge in [0.05, 0.1) is 6.42 Å². The van der Waals surface area contributed by atoms with Crippen molar-refractivity contribution in [1.29, 1.82) is 0 Å². The number of Topliss-reactive ketones (excluding diaryl/α,β-unsaturated/α-hetero) is 2. The number of carbonyl (C=O) groups is 2. The maximum atomic E-state index is 13.6. The van der Waals surface area contributed by atoms with Crippen molar-refractivity contribution in [3.8, 4) is 0 Å². The normalized spacial score (nSPS) is 30.4. The molecule has 0 radical (unpaired) electrons. The molecule has 1 saturated carbocycles. The number of hydrogen-bond donors (Lipinski definition) is 0. The maximum absolute atomic E-state index is 13.6. The molecule has 0 N–H and O–H groups in total. The lowest BCUT2D eigenvalue weighted by Crippen LogP contribution is -2.39. The van der Waals surface area contributed by atoms with Gasteiger partial charge in [-0.3, -0.25) is 9.59 Å². The van der Waals surface area contributed by atoms with Crippen molar-refractivity contribution < 1.29 is 14.0 Å². The summed E-state index contributed by atoms with van der Waals surface area (Å²) in [6.07, 6.45) is 1.36. The van der Waals surface area contributed by atoms with Gasteiger partial charge in [0.25, 0.3) is 0 Å². The first-order valence-electron chi connectivity index (χ1n) is 3.93. The molecule has 2 nitrogen and oxygen atoms in total. The quantitative estimate of drug-likeness (QED) is 0.466. The van der Waals surface area contributed by atoms with Crippen molar-refractivity contribution in [2.24, 2.45) is 0 Å². The fourth-order valence-corrected chi connectivity index (χ4v) is 1.35. The summed E-state index contributed by atoms with van der Waals surface area (Å²) in [4.78, 5) is 21.8. The van der Waals surface area contributed by atoms with E-state index in [-0.39, 0.29) is 31.5 Å². The largest absolute Gasteiger partial charge is 0.299 e. The average molecular weight is 170 g/mol. The van der Waals surface area contributed by atoms with Gasteiger partial charge in [0.1, 0.15) is 5.78 Å². The van der Waals surface area contributed by atoms with Crippen molar-refractivity contribution in [2.75, 3.05) is 0 Å². The standard InChI is InChI=1S/C9H11FO2/c1-2-4-9(10)5-3-7(11)6-8(9)12/h2H,1,3-6H2/t9-/m0/s1. The number of halogens is 1. The van der Waals surface area contributed by atoms with Crippen LogP contribution in [0.5, 0.6) is 0 Å². The SMILES string of the molecule is C=CC[C@]1(F)CCC(=O)CC1=O. The summed E-state index contributed by atoms with van der Waals surface area (Å²) in [6, 6.07) is 0. The van der Waals surface area contributed by atoms with Crippen LogP contribution in [0.2, 0.25) is 0 Å². The fraction of sp³-hybridized carbons (Fsp3) is 0.556. The molecule has 0 aromatic heterocycles. The van der Waals surface area contributed by atoms with E-state index in [4.69, 9.17) is 0 Å². The third-order valence-corrected chi connectivity index (χ3v) is 2.13. The average Bonchev–Trinajstić information content (AvgIpc) is 1.99. The smallest absolute Gasteiger partial charge is 0.177 e. The van der Waals surface area contributed by atoms with Gasteiger partial charge in [-0.2, -0.15) is 0 Å². The van der Waals surface area contributed by atoms with Crippen LogP contribution in [0.25, 0.3) is 0 Å². The Balaban J connectivity index is 2.72. The molecule has 1 fully saturated rings. The molecular weight excluding hydrogens is 159 g/mol. The highest BCUT2D eigenvalue weighted by atomic mass is 19.1. The molecule has 1 aliphatic rings. The molecule has 1 atom stereocenters. The minimum absolute atomic E-state index is 0.0245. The number of carbonyl (C=O) groups excluding carboxylic acids is 2. The molecule has 0 heterocycles. The highest BCUT2D eigenvalue weighted by Gasteiger charge is 2.41. The predicted molar refractivity (Wildman–Crippen MR) is 42.5 cm³/mol. The number of allylic oxidation sites excluding steroid dienone is 1. The van der Waals surface area contributed by atoms with Gasteiger partial charge < -0.3 is 0 Å². The van der Waals surface area contributed by atoms with E-state index >= 15 is 0 Å². The molecule has 0 aliphatic heterocycles. The number of rotatable bonds is 2. The minimum Gasteiger partial charge on any atom is -0.299 e. The molecule has 1 aliphatic carbocycles. The molecular formula is C9H11FO2. The molecule has 0 bridgehead atoms. The molecule has 0 aromatic rings. The van der Waals surface area contributed by atoms with E-state index in [0.717, 1.165) is 0 Å². The Morgan fingerprint density at radius 2 is 2.25 bits per heavy atom. The van der Waals surface area contributed by atoms with Gasteiger partial charge in [0, 0.05) is 12.8 Å². The zero-order valence-corrected chi connectivity index (χ0v) is 6.81. The third-order valence-electron chi connectivity index (χ3n) is 2.13. The van der Waals surface area contributed by atoms with Crippen LogP contribution in [0.3, 0.4) is 0 Å². The number of alkyl halides is 1. The van der Waals surface area contributed by atoms with Crippen LogP contribution in [-0.4, -0.2) is 17.2 Å². The molecule has 0 saturated heterocycles. The summed E-state index contributed by atoms with van der Waals surface area (Å²) in [5.74, 6) is -0.740. The van der Waals surface area contributed by atoms with Crippen molar-refractivity contribution in [3.63, 3.8) is 0 Å². The van der Waals surface area contributed by atoms with Crippen LogP contribution in [0.4, 0.5) is 4.39 Å². The Hall–Kier alpha value is -0.990. The lowest BCUT2D eigenvalue weighted by atomic mass is 9.82. The van der Waals surface area contributed by atoms with E-state index in [2.05, 4.69) is 6.58 Å². The Morgan fingerprint density at radius 3 is 2.75 bits per heavy atom. The van der Waals surface area contributed by atoms with Crippen molar-refractivity contribution in [1.82, 2.24) is 0 Å². The van der Waals surface area contributed by atoms with Crippen LogP contribution in [0.15, 0.2) is 12.7 Å². The third kappa shape index (κ3) is 1.60. The number of hydrogen-bond acceptors (Lipinski definition) is 2. The highest BCUT2D eigenvalue weighted by molar-refractivity contribution is 6.05. The summed E-state index contributed by atoms with van der Waals surface area (Å²) in [6.45, 7) is 3.38. The van der Waals surface area contributed by atoms with Gasteiger partial charge in [0.2, 0.25) is 0 Å². The van der Waals surface area contributed by atoms with E-state index in [9.17, 15) is 14.0 Å². The van der Waals surface area contributed by atoms with Gasteiger partial charge in [-0.05, 0) is 6.42 Å². The zero-order valence-electron chi connectivity index (χ0n) is 6.81. The summed E-state index contributed by atoms with van der Waals surface area (Å²) < 4.78 is 13.6. The van der Waals surface area contributed by atoms with Gasteiger partial charge in [-0.15, -0.1) is 6.58 Å². The fourth-order valence-electron chi connectivity index (χ4n) is 1.35. The maximum Gasteiger partial charge on any atom is 0.177 e. The van der Waals surface area contributed by atoms with Crippen LogP contribution in [0, 0.1) is 0 Å². The Kier molecular flexibility index (Phi) is 2.40. The highest BCUT2D eigenvalue weighted by Crippen LogP contribution is 2.30. The Morgan fingerprint density at radius 1 is 1.58 bits per heavy atom. The lowest BCUT2D eigenvalue weighted by molar-refractivity contribution is -0.139. The van der Waals surface area contributed by atoms with Gasteiger partial charge in [-0.1, -0.05) is 6.08 Å². The first-order valence-corrected chi connectivity index (χ1v) is 3.93. The van der Waals surface area contributed by atoms with Gasteiger partial charge in [0.15, 0.2) is 11.5 Å². The lowest BCUT2D eigenvalue weighted by Gasteiger charge is -2.25. The van der Waals surface area contributed by atoms with Crippen molar-refractivity contribution in [2.45, 2.75) is 31.4 Å². The summed E-state index contributed by atoms with van der Waals surface area (Å²) in [5.41, 5.74) is -1.81. The topological polar surface area (TPSA) is 34.1 Å². The molecule has 66 valence electrons. The summed E-state index contributed by atoms with van der Waals surface area (Å²) in [7, 11) is 0. The second kappa shape index (κ2) is 3.17. The van der Waals surface area contributed by atoms with Crippen LogP contribution < -0.4 is 0 Å². The van der Waals surface area contributed by atoms with E-state index in [1.165, 1.54) is 6.08 Å². The summed E-state index contributed by atoms with van der Waals surface area (Å²) in [5, 5.41) is 0. The van der Waals surface area contributed by atoms with E-state index in [1.807, 2.05) is 0 Å². The Bertz CT molecular complexity index is 235. The number of ketones is 2. The van der Waals surface area contributed by atoms with Crippen LogP contribution in [0.1, 0.15) is 25.7 Å². The second-order valence-electron chi connectivity index (χ2n) is 3.10. The molecule has 0 amide bonds. The van der Waals surface area contributed by atoms with E-state index in [1.54, 1.807) is 0 Å². The monoisotopic (exact) mass is 170 g/mol. The first kappa shape index (κ1) is 9.10. The molecule has 0 spiro atoms. The molecule has 0 aromatic carbocycles. The first-order chi connectivity index (χ1) is 5.58. The molecule has 3 heteroatoms. The predicted octanol–water partition coefficient (Wildman–Crippen LogP) is 1.59. The minimum atomic E-state index is -1.81. The molecule has 12 heavy (non-hydrogen) atoms. The van der Waals surface area contributed by atoms with E-state index in [0.29, 0.717) is 0 Å². The van der Waals surface area contributed by atoms with Gasteiger partial charge >= 0.3 is 0 Å². The molecule has 1 rings (SSSR count). The van der Waals surface area contributed by atoms with E-state index < -0.39 is 11.5 Å². The van der Waals surface area contributed by atoms with Crippen LogP contribution in [-0.2, 0) is 9.59 Å². The van der Waals surface area contributed by atoms with Gasteiger partial charge in [-0.25, -0.2) is 4.39 Å². The van der Waals surface area contributed by atoms with Crippen molar-refractivity contribution >= 4 is 11.6 Å². The molecule has 0 unspecified atom stereocenters. The van der Waals surface area contributed by atoms with Crippen molar-refractivity contribution in [3.05, 3.63) is 12.7 Å². The zero-order chi connectivity index (χ0) is 9.19.